The van der Waals surface area contributed by atoms with Crippen molar-refractivity contribution in [1.29, 1.82) is 0 Å². The van der Waals surface area contributed by atoms with Crippen molar-refractivity contribution in [3.63, 3.8) is 0 Å². The number of hydrogen-bond acceptors (Lipinski definition) is 2. The Bertz CT molecular complexity index is 983. The van der Waals surface area contributed by atoms with Crippen LogP contribution in [0, 0.1) is 11.7 Å². The molecule has 1 amide bonds. The summed E-state index contributed by atoms with van der Waals surface area (Å²) < 4.78 is 15.4. The molecule has 148 valence electrons. The summed E-state index contributed by atoms with van der Waals surface area (Å²) >= 11 is 6.11. The highest BCUT2D eigenvalue weighted by Gasteiger charge is 2.19. The third-order valence-corrected chi connectivity index (χ3v) is 5.08. The Kier molecular flexibility index (Phi) is 6.35. The van der Waals surface area contributed by atoms with E-state index in [1.54, 1.807) is 12.1 Å². The molecule has 0 N–H and O–H groups in total. The number of carbonyl (C=O) groups excluding carboxylic acids is 1. The van der Waals surface area contributed by atoms with E-state index < -0.39 is 0 Å². The van der Waals surface area contributed by atoms with E-state index >= 15 is 0 Å². The SMILES string of the molecule is CC(C)CCN(Cc1nc2ccc(Cl)cc2n1C)C(=O)Cc1cccc(F)c1. The zero-order valence-corrected chi connectivity index (χ0v) is 17.2. The third kappa shape index (κ3) is 4.90. The quantitative estimate of drug-likeness (QED) is 0.559. The Morgan fingerprint density at radius 2 is 2.04 bits per heavy atom. The highest BCUT2D eigenvalue weighted by atomic mass is 35.5. The van der Waals surface area contributed by atoms with Gasteiger partial charge in [-0.2, -0.15) is 0 Å². The second-order valence-corrected chi connectivity index (χ2v) is 7.96. The maximum atomic E-state index is 13.5. The fourth-order valence-corrected chi connectivity index (χ4v) is 3.33. The van der Waals surface area contributed by atoms with Gasteiger partial charge in [0, 0.05) is 18.6 Å². The molecule has 2 aromatic carbocycles. The van der Waals surface area contributed by atoms with Gasteiger partial charge in [0.05, 0.1) is 24.0 Å². The van der Waals surface area contributed by atoms with E-state index in [4.69, 9.17) is 11.6 Å². The average Bonchev–Trinajstić information content (AvgIpc) is 2.94. The largest absolute Gasteiger partial charge is 0.335 e. The molecule has 0 aliphatic heterocycles. The number of carbonyl (C=O) groups is 1. The van der Waals surface area contributed by atoms with Gasteiger partial charge in [-0.3, -0.25) is 4.79 Å². The molecule has 4 nitrogen and oxygen atoms in total. The van der Waals surface area contributed by atoms with Crippen molar-refractivity contribution in [1.82, 2.24) is 14.5 Å². The van der Waals surface area contributed by atoms with Gasteiger partial charge in [-0.25, -0.2) is 9.37 Å². The molecule has 0 aliphatic rings. The molecule has 0 spiro atoms. The van der Waals surface area contributed by atoms with Crippen LogP contribution in [0.5, 0.6) is 0 Å². The molecular formula is C22H25ClFN3O. The number of rotatable bonds is 7. The zero-order valence-electron chi connectivity index (χ0n) is 16.5. The molecular weight excluding hydrogens is 377 g/mol. The fourth-order valence-electron chi connectivity index (χ4n) is 3.16. The molecule has 0 saturated heterocycles. The second kappa shape index (κ2) is 8.74. The molecule has 3 rings (SSSR count). The van der Waals surface area contributed by atoms with Crippen LogP contribution in [0.4, 0.5) is 4.39 Å². The third-order valence-electron chi connectivity index (χ3n) is 4.84. The lowest BCUT2D eigenvalue weighted by molar-refractivity contribution is -0.131. The molecule has 0 aliphatic carbocycles. The molecule has 0 saturated carbocycles. The van der Waals surface area contributed by atoms with Crippen molar-refractivity contribution in [2.45, 2.75) is 33.2 Å². The molecule has 0 fully saturated rings. The maximum Gasteiger partial charge on any atom is 0.227 e. The Labute approximate surface area is 169 Å². The van der Waals surface area contributed by atoms with Crippen molar-refractivity contribution in [3.05, 3.63) is 64.7 Å². The Hall–Kier alpha value is -2.40. The van der Waals surface area contributed by atoms with Crippen LogP contribution in [0.3, 0.4) is 0 Å². The van der Waals surface area contributed by atoms with Gasteiger partial charge < -0.3 is 9.47 Å². The standard InChI is InChI=1S/C22H25ClFN3O/c1-15(2)9-10-27(22(28)12-16-5-4-6-18(24)11-16)14-21-25-19-8-7-17(23)13-20(19)26(21)3/h4-8,11,13,15H,9-10,12,14H2,1-3H3. The van der Waals surface area contributed by atoms with Gasteiger partial charge >= 0.3 is 0 Å². The van der Waals surface area contributed by atoms with E-state index in [9.17, 15) is 9.18 Å². The number of amides is 1. The van der Waals surface area contributed by atoms with Crippen molar-refractivity contribution < 1.29 is 9.18 Å². The predicted octanol–water partition coefficient (Wildman–Crippen LogP) is 4.98. The fraction of sp³-hybridized carbons (Fsp3) is 0.364. The van der Waals surface area contributed by atoms with Crippen LogP contribution in [0.25, 0.3) is 11.0 Å². The second-order valence-electron chi connectivity index (χ2n) is 7.52. The maximum absolute atomic E-state index is 13.5. The molecule has 1 heterocycles. The van der Waals surface area contributed by atoms with Crippen LogP contribution in [-0.2, 0) is 24.8 Å². The number of aryl methyl sites for hydroxylation is 1. The topological polar surface area (TPSA) is 38.1 Å². The summed E-state index contributed by atoms with van der Waals surface area (Å²) in [5.74, 6) is 0.917. The highest BCUT2D eigenvalue weighted by molar-refractivity contribution is 6.31. The molecule has 3 aromatic rings. The Balaban J connectivity index is 1.83. The monoisotopic (exact) mass is 401 g/mol. The van der Waals surface area contributed by atoms with Gasteiger partial charge in [-0.15, -0.1) is 0 Å². The molecule has 28 heavy (non-hydrogen) atoms. The molecule has 0 radical (unpaired) electrons. The first kappa shape index (κ1) is 20.3. The normalized spacial score (nSPS) is 11.4. The van der Waals surface area contributed by atoms with E-state index in [-0.39, 0.29) is 18.1 Å². The summed E-state index contributed by atoms with van der Waals surface area (Å²) in [5, 5.41) is 0.654. The summed E-state index contributed by atoms with van der Waals surface area (Å²) in [6.45, 7) is 5.30. The van der Waals surface area contributed by atoms with Gasteiger partial charge in [-0.05, 0) is 48.2 Å². The van der Waals surface area contributed by atoms with Gasteiger partial charge in [0.15, 0.2) is 0 Å². The molecule has 0 bridgehead atoms. The first-order chi connectivity index (χ1) is 13.3. The number of halogens is 2. The Morgan fingerprint density at radius 1 is 1.25 bits per heavy atom. The zero-order chi connectivity index (χ0) is 20.3. The van der Waals surface area contributed by atoms with E-state index in [2.05, 4.69) is 18.8 Å². The highest BCUT2D eigenvalue weighted by Crippen LogP contribution is 2.21. The van der Waals surface area contributed by atoms with Crippen LogP contribution < -0.4 is 0 Å². The van der Waals surface area contributed by atoms with Crippen molar-refractivity contribution in [2.24, 2.45) is 13.0 Å². The lowest BCUT2D eigenvalue weighted by atomic mass is 10.1. The van der Waals surface area contributed by atoms with E-state index in [1.807, 2.05) is 34.7 Å². The summed E-state index contributed by atoms with van der Waals surface area (Å²) in [4.78, 5) is 19.5. The minimum absolute atomic E-state index is 0.0312. The smallest absolute Gasteiger partial charge is 0.227 e. The first-order valence-electron chi connectivity index (χ1n) is 9.46. The van der Waals surface area contributed by atoms with Crippen molar-refractivity contribution in [3.8, 4) is 0 Å². The molecule has 0 atom stereocenters. The van der Waals surface area contributed by atoms with Gasteiger partial charge in [-0.1, -0.05) is 37.6 Å². The van der Waals surface area contributed by atoms with Crippen LogP contribution >= 0.6 is 11.6 Å². The van der Waals surface area contributed by atoms with Crippen LogP contribution in [0.1, 0.15) is 31.7 Å². The van der Waals surface area contributed by atoms with Crippen LogP contribution in [0.2, 0.25) is 5.02 Å². The number of aromatic nitrogens is 2. The van der Waals surface area contributed by atoms with Gasteiger partial charge in [0.1, 0.15) is 11.6 Å². The van der Waals surface area contributed by atoms with Crippen LogP contribution in [-0.4, -0.2) is 26.9 Å². The molecule has 0 unspecified atom stereocenters. The average molecular weight is 402 g/mol. The summed E-state index contributed by atoms with van der Waals surface area (Å²) in [5.41, 5.74) is 2.46. The van der Waals surface area contributed by atoms with E-state index in [0.717, 1.165) is 23.3 Å². The predicted molar refractivity (Wildman–Crippen MR) is 111 cm³/mol. The summed E-state index contributed by atoms with van der Waals surface area (Å²) in [6.07, 6.45) is 1.07. The lowest BCUT2D eigenvalue weighted by Gasteiger charge is -2.23. The van der Waals surface area contributed by atoms with Crippen molar-refractivity contribution in [2.75, 3.05) is 6.54 Å². The van der Waals surface area contributed by atoms with E-state index in [1.165, 1.54) is 12.1 Å². The van der Waals surface area contributed by atoms with Crippen LogP contribution in [0.15, 0.2) is 42.5 Å². The summed E-state index contributed by atoms with van der Waals surface area (Å²) in [7, 11) is 1.93. The minimum atomic E-state index is -0.328. The number of fused-ring (bicyclic) bond motifs is 1. The summed E-state index contributed by atoms with van der Waals surface area (Å²) in [6, 6.07) is 11.8. The first-order valence-corrected chi connectivity index (χ1v) is 9.84. The van der Waals surface area contributed by atoms with E-state index in [0.29, 0.717) is 29.6 Å². The molecule has 6 heteroatoms. The number of nitrogens with zero attached hydrogens (tertiary/aromatic N) is 3. The number of benzene rings is 2. The lowest BCUT2D eigenvalue weighted by Crippen LogP contribution is -2.34. The molecule has 1 aromatic heterocycles. The van der Waals surface area contributed by atoms with Crippen molar-refractivity contribution >= 4 is 28.5 Å². The minimum Gasteiger partial charge on any atom is -0.335 e. The number of hydrogen-bond donors (Lipinski definition) is 0. The number of imidazole rings is 1. The van der Waals surface area contributed by atoms with Gasteiger partial charge in [0.25, 0.3) is 0 Å². The Morgan fingerprint density at radius 3 is 2.75 bits per heavy atom. The van der Waals surface area contributed by atoms with Gasteiger partial charge in [0.2, 0.25) is 5.91 Å².